The number of carboxylic acid groups (broad SMARTS) is 1. The molecule has 0 spiro atoms. The van der Waals surface area contributed by atoms with E-state index in [1.807, 2.05) is 0 Å². The molecule has 0 unspecified atom stereocenters. The van der Waals surface area contributed by atoms with Crippen molar-refractivity contribution in [1.29, 1.82) is 0 Å². The minimum Gasteiger partial charge on any atom is -0.493 e. The van der Waals surface area contributed by atoms with Gasteiger partial charge in [0, 0.05) is 26.1 Å². The molecule has 0 aliphatic carbocycles. The number of rotatable bonds is 9. The largest absolute Gasteiger partial charge is 0.493 e. The normalized spacial score (nSPS) is 11.4. The number of hydrogen-bond donors (Lipinski definition) is 1. The number of benzene rings is 1. The molecule has 7 heteroatoms. The molecule has 1 aromatic carbocycles. The summed E-state index contributed by atoms with van der Waals surface area (Å²) in [5.74, 6) is -0.809. The van der Waals surface area contributed by atoms with Crippen molar-refractivity contribution >= 4 is 5.97 Å². The lowest BCUT2D eigenvalue weighted by atomic mass is 10.2. The Morgan fingerprint density at radius 3 is 2.43 bits per heavy atom. The van der Waals surface area contributed by atoms with E-state index in [4.69, 9.17) is 14.6 Å². The average molecular weight is 306 g/mol. The summed E-state index contributed by atoms with van der Waals surface area (Å²) in [6, 6.07) is 6.24. The van der Waals surface area contributed by atoms with E-state index in [0.29, 0.717) is 6.42 Å². The van der Waals surface area contributed by atoms with Crippen LogP contribution in [-0.2, 0) is 4.74 Å². The van der Waals surface area contributed by atoms with E-state index in [2.05, 4.69) is 0 Å². The van der Waals surface area contributed by atoms with Crippen molar-refractivity contribution in [3.8, 4) is 5.75 Å². The Morgan fingerprint density at radius 1 is 1.10 bits per heavy atom. The zero-order valence-electron chi connectivity index (χ0n) is 11.4. The molecule has 0 amide bonds. The first-order chi connectivity index (χ1) is 9.90. The minimum atomic E-state index is -4.15. The molecule has 21 heavy (non-hydrogen) atoms. The SMILES string of the molecule is O=C(O)c1ccccc1OCCCOCCCC(F)(F)F. The van der Waals surface area contributed by atoms with Gasteiger partial charge in [-0.25, -0.2) is 4.79 Å². The van der Waals surface area contributed by atoms with E-state index in [1.54, 1.807) is 18.2 Å². The maximum Gasteiger partial charge on any atom is 0.389 e. The maximum absolute atomic E-state index is 11.9. The number of ether oxygens (including phenoxy) is 2. The van der Waals surface area contributed by atoms with Crippen molar-refractivity contribution in [3.63, 3.8) is 0 Å². The highest BCUT2D eigenvalue weighted by Crippen LogP contribution is 2.21. The van der Waals surface area contributed by atoms with Crippen LogP contribution in [0.4, 0.5) is 13.2 Å². The molecule has 0 heterocycles. The number of aromatic carboxylic acids is 1. The zero-order chi connectivity index (χ0) is 15.7. The topological polar surface area (TPSA) is 55.8 Å². The maximum atomic E-state index is 11.9. The van der Waals surface area contributed by atoms with Crippen LogP contribution in [0.2, 0.25) is 0 Å². The molecule has 1 rings (SSSR count). The van der Waals surface area contributed by atoms with Crippen LogP contribution >= 0.6 is 0 Å². The molecule has 0 bridgehead atoms. The van der Waals surface area contributed by atoms with E-state index < -0.39 is 18.6 Å². The van der Waals surface area contributed by atoms with Gasteiger partial charge in [0.1, 0.15) is 11.3 Å². The third-order valence-corrected chi connectivity index (χ3v) is 2.56. The van der Waals surface area contributed by atoms with Gasteiger partial charge in [0.25, 0.3) is 0 Å². The van der Waals surface area contributed by atoms with Crippen molar-refractivity contribution < 1.29 is 32.5 Å². The number of alkyl halides is 3. The van der Waals surface area contributed by atoms with Crippen LogP contribution in [0.25, 0.3) is 0 Å². The number of hydrogen-bond acceptors (Lipinski definition) is 3. The van der Waals surface area contributed by atoms with Crippen LogP contribution in [0.3, 0.4) is 0 Å². The monoisotopic (exact) mass is 306 g/mol. The lowest BCUT2D eigenvalue weighted by Crippen LogP contribution is -2.10. The second kappa shape index (κ2) is 8.51. The van der Waals surface area contributed by atoms with Crippen LogP contribution in [-0.4, -0.2) is 37.1 Å². The van der Waals surface area contributed by atoms with Crippen LogP contribution in [0.5, 0.6) is 5.75 Å². The molecule has 0 aromatic heterocycles. The second-order valence-corrected chi connectivity index (χ2v) is 4.33. The fraction of sp³-hybridized carbons (Fsp3) is 0.500. The first kappa shape index (κ1) is 17.3. The summed E-state index contributed by atoms with van der Waals surface area (Å²) in [5.41, 5.74) is 0.0728. The van der Waals surface area contributed by atoms with Gasteiger partial charge in [-0.2, -0.15) is 13.2 Å². The molecule has 0 aliphatic rings. The summed E-state index contributed by atoms with van der Waals surface area (Å²) in [6.07, 6.45) is -4.59. The van der Waals surface area contributed by atoms with Gasteiger partial charge < -0.3 is 14.6 Å². The molecular weight excluding hydrogens is 289 g/mol. The molecule has 1 N–H and O–H groups in total. The van der Waals surface area contributed by atoms with Crippen molar-refractivity contribution in [1.82, 2.24) is 0 Å². The molecule has 0 fully saturated rings. The third-order valence-electron chi connectivity index (χ3n) is 2.56. The summed E-state index contributed by atoms with van der Waals surface area (Å²) in [7, 11) is 0. The van der Waals surface area contributed by atoms with Gasteiger partial charge in [-0.15, -0.1) is 0 Å². The number of para-hydroxylation sites is 1. The van der Waals surface area contributed by atoms with E-state index in [1.165, 1.54) is 6.07 Å². The lowest BCUT2D eigenvalue weighted by Gasteiger charge is -2.09. The number of halogens is 3. The summed E-state index contributed by atoms with van der Waals surface area (Å²) in [5, 5.41) is 8.93. The van der Waals surface area contributed by atoms with E-state index >= 15 is 0 Å². The minimum absolute atomic E-state index is 0.0468. The van der Waals surface area contributed by atoms with Crippen LogP contribution in [0.1, 0.15) is 29.6 Å². The first-order valence-corrected chi connectivity index (χ1v) is 6.50. The standard InChI is InChI=1S/C14H17F3O4/c15-14(16,17)7-3-8-20-9-4-10-21-12-6-2-1-5-11(12)13(18)19/h1-2,5-6H,3-4,7-10H2,(H,18,19). The Hall–Kier alpha value is -1.76. The highest BCUT2D eigenvalue weighted by atomic mass is 19.4. The van der Waals surface area contributed by atoms with E-state index in [0.717, 1.165) is 0 Å². The van der Waals surface area contributed by atoms with Gasteiger partial charge in [0.15, 0.2) is 0 Å². The Bertz CT molecular complexity index is 446. The van der Waals surface area contributed by atoms with Gasteiger partial charge in [0.05, 0.1) is 6.61 Å². The summed E-state index contributed by atoms with van der Waals surface area (Å²) < 4.78 is 45.9. The zero-order valence-corrected chi connectivity index (χ0v) is 11.4. The van der Waals surface area contributed by atoms with E-state index in [-0.39, 0.29) is 37.6 Å². The number of carbonyl (C=O) groups is 1. The highest BCUT2D eigenvalue weighted by molar-refractivity contribution is 5.90. The lowest BCUT2D eigenvalue weighted by molar-refractivity contribution is -0.137. The molecule has 118 valence electrons. The summed E-state index contributed by atoms with van der Waals surface area (Å²) in [4.78, 5) is 10.9. The molecule has 4 nitrogen and oxygen atoms in total. The van der Waals surface area contributed by atoms with Gasteiger partial charge in [-0.05, 0) is 18.6 Å². The fourth-order valence-corrected chi connectivity index (χ4v) is 1.59. The van der Waals surface area contributed by atoms with E-state index in [9.17, 15) is 18.0 Å². The molecule has 1 aromatic rings. The van der Waals surface area contributed by atoms with Gasteiger partial charge in [-0.3, -0.25) is 0 Å². The summed E-state index contributed by atoms with van der Waals surface area (Å²) in [6.45, 7) is 0.557. The van der Waals surface area contributed by atoms with Crippen LogP contribution in [0, 0.1) is 0 Å². The van der Waals surface area contributed by atoms with Gasteiger partial charge >= 0.3 is 12.1 Å². The second-order valence-electron chi connectivity index (χ2n) is 4.33. The molecule has 0 atom stereocenters. The first-order valence-electron chi connectivity index (χ1n) is 6.50. The van der Waals surface area contributed by atoms with Crippen molar-refractivity contribution in [2.75, 3.05) is 19.8 Å². The van der Waals surface area contributed by atoms with Gasteiger partial charge in [0.2, 0.25) is 0 Å². The highest BCUT2D eigenvalue weighted by Gasteiger charge is 2.25. The molecule has 0 saturated heterocycles. The Kier molecular flexibility index (Phi) is 7.01. The third kappa shape index (κ3) is 7.55. The molecule has 0 saturated carbocycles. The van der Waals surface area contributed by atoms with Crippen LogP contribution < -0.4 is 4.74 Å². The quantitative estimate of drug-likeness (QED) is 0.709. The van der Waals surface area contributed by atoms with Gasteiger partial charge in [-0.1, -0.05) is 12.1 Å². The Morgan fingerprint density at radius 2 is 1.76 bits per heavy atom. The smallest absolute Gasteiger partial charge is 0.389 e. The fourth-order valence-electron chi connectivity index (χ4n) is 1.59. The van der Waals surface area contributed by atoms with Crippen LogP contribution in [0.15, 0.2) is 24.3 Å². The van der Waals surface area contributed by atoms with Crippen molar-refractivity contribution in [2.45, 2.75) is 25.4 Å². The predicted molar refractivity (Wildman–Crippen MR) is 69.6 cm³/mol. The predicted octanol–water partition coefficient (Wildman–Crippen LogP) is 3.51. The molecular formula is C14H17F3O4. The molecule has 0 aliphatic heterocycles. The Labute approximate surface area is 120 Å². The van der Waals surface area contributed by atoms with Crippen molar-refractivity contribution in [2.24, 2.45) is 0 Å². The summed E-state index contributed by atoms with van der Waals surface area (Å²) >= 11 is 0. The molecule has 0 radical (unpaired) electrons. The Balaban J connectivity index is 2.14. The van der Waals surface area contributed by atoms with Crippen molar-refractivity contribution in [3.05, 3.63) is 29.8 Å². The average Bonchev–Trinajstić information content (AvgIpc) is 2.41. The number of carboxylic acids is 1.